The Bertz CT molecular complexity index is 791. The van der Waals surface area contributed by atoms with Crippen molar-refractivity contribution >= 4 is 17.8 Å². The zero-order chi connectivity index (χ0) is 17.3. The summed E-state index contributed by atoms with van der Waals surface area (Å²) >= 11 is 0. The van der Waals surface area contributed by atoms with Gasteiger partial charge in [0.05, 0.1) is 12.2 Å². The van der Waals surface area contributed by atoms with Crippen LogP contribution < -0.4 is 10.6 Å². The molecule has 0 saturated heterocycles. The van der Waals surface area contributed by atoms with Gasteiger partial charge in [0, 0.05) is 18.3 Å². The molecule has 0 spiro atoms. The molecule has 2 aromatic rings. The minimum atomic E-state index is -0.585. The van der Waals surface area contributed by atoms with Crippen LogP contribution in [0, 0.1) is 0 Å². The van der Waals surface area contributed by atoms with Crippen molar-refractivity contribution in [3.8, 4) is 11.3 Å². The molecule has 0 fully saturated rings. The highest BCUT2D eigenvalue weighted by atomic mass is 16.6. The maximum atomic E-state index is 11.8. The molecule has 2 N–H and O–H groups in total. The molecule has 8 heteroatoms. The van der Waals surface area contributed by atoms with Crippen LogP contribution in [0.1, 0.15) is 31.3 Å². The predicted octanol–water partition coefficient (Wildman–Crippen LogP) is 2.04. The van der Waals surface area contributed by atoms with E-state index in [1.165, 1.54) is 0 Å². The monoisotopic (exact) mass is 329 g/mol. The maximum absolute atomic E-state index is 11.8. The fraction of sp³-hybridized carbons (Fsp3) is 0.375. The number of amides is 2. The number of rotatable bonds is 2. The van der Waals surface area contributed by atoms with Crippen LogP contribution >= 0.6 is 0 Å². The first-order valence-electron chi connectivity index (χ1n) is 7.64. The lowest BCUT2D eigenvalue weighted by atomic mass is 10.2. The Kier molecular flexibility index (Phi) is 3.96. The topological polar surface area (TPSA) is 98.1 Å². The number of carbonyl (C=O) groups is 2. The minimum Gasteiger partial charge on any atom is -0.444 e. The molecule has 24 heavy (non-hydrogen) atoms. The van der Waals surface area contributed by atoms with E-state index < -0.39 is 11.7 Å². The Morgan fingerprint density at radius 2 is 2.17 bits per heavy atom. The molecule has 0 saturated carbocycles. The Morgan fingerprint density at radius 1 is 1.38 bits per heavy atom. The number of ether oxygens (including phenoxy) is 1. The first kappa shape index (κ1) is 16.0. The summed E-state index contributed by atoms with van der Waals surface area (Å²) in [5.41, 5.74) is 1.34. The lowest BCUT2D eigenvalue weighted by Gasteiger charge is -2.19. The summed E-state index contributed by atoms with van der Waals surface area (Å²) in [5, 5.41) is 9.80. The van der Waals surface area contributed by atoms with Gasteiger partial charge in [0.1, 0.15) is 17.1 Å². The second kappa shape index (κ2) is 5.95. The summed E-state index contributed by atoms with van der Waals surface area (Å²) in [6, 6.07) is 5.18. The first-order chi connectivity index (χ1) is 11.3. The summed E-state index contributed by atoms with van der Waals surface area (Å²) in [6.07, 6.45) is 0.996. The van der Waals surface area contributed by atoms with E-state index in [1.54, 1.807) is 49.8 Å². The summed E-state index contributed by atoms with van der Waals surface area (Å²) in [6.45, 7) is 6.56. The van der Waals surface area contributed by atoms with Crippen molar-refractivity contribution in [2.45, 2.75) is 32.9 Å². The van der Waals surface area contributed by atoms with Crippen LogP contribution in [0.15, 0.2) is 24.4 Å². The Morgan fingerprint density at radius 3 is 2.88 bits per heavy atom. The summed E-state index contributed by atoms with van der Waals surface area (Å²) < 4.78 is 6.88. The molecule has 3 rings (SSSR count). The van der Waals surface area contributed by atoms with Crippen molar-refractivity contribution in [1.82, 2.24) is 20.1 Å². The molecule has 0 aliphatic carbocycles. The largest absolute Gasteiger partial charge is 0.444 e. The van der Waals surface area contributed by atoms with Crippen molar-refractivity contribution in [2.75, 3.05) is 11.9 Å². The van der Waals surface area contributed by atoms with Gasteiger partial charge in [-0.05, 0) is 39.0 Å². The van der Waals surface area contributed by atoms with Gasteiger partial charge in [-0.2, -0.15) is 5.10 Å². The fourth-order valence-corrected chi connectivity index (χ4v) is 2.34. The highest BCUT2D eigenvalue weighted by molar-refractivity contribution is 5.94. The van der Waals surface area contributed by atoms with E-state index in [0.717, 1.165) is 5.56 Å². The Labute approximate surface area is 139 Å². The quantitative estimate of drug-likeness (QED) is 0.878. The van der Waals surface area contributed by atoms with Gasteiger partial charge in [0.25, 0.3) is 5.91 Å². The minimum absolute atomic E-state index is 0.138. The van der Waals surface area contributed by atoms with Crippen LogP contribution in [0.5, 0.6) is 0 Å². The highest BCUT2D eigenvalue weighted by Crippen LogP contribution is 2.22. The predicted molar refractivity (Wildman–Crippen MR) is 87.6 cm³/mol. The zero-order valence-electron chi connectivity index (χ0n) is 13.8. The molecule has 2 amide bonds. The van der Waals surface area contributed by atoms with Gasteiger partial charge in [-0.15, -0.1) is 0 Å². The van der Waals surface area contributed by atoms with Crippen LogP contribution in [-0.4, -0.2) is 38.9 Å². The molecular weight excluding hydrogens is 310 g/mol. The average Bonchev–Trinajstić information content (AvgIpc) is 2.91. The summed E-state index contributed by atoms with van der Waals surface area (Å²) in [7, 11) is 0. The van der Waals surface area contributed by atoms with E-state index in [0.29, 0.717) is 30.3 Å². The van der Waals surface area contributed by atoms with Crippen molar-refractivity contribution in [1.29, 1.82) is 0 Å². The third-order valence-electron chi connectivity index (χ3n) is 3.31. The van der Waals surface area contributed by atoms with Crippen LogP contribution in [0.2, 0.25) is 0 Å². The van der Waals surface area contributed by atoms with Gasteiger partial charge in [-0.1, -0.05) is 0 Å². The molecular formula is C16H19N5O3. The van der Waals surface area contributed by atoms with Crippen molar-refractivity contribution in [3.05, 3.63) is 30.1 Å². The normalized spacial score (nSPS) is 13.9. The van der Waals surface area contributed by atoms with Gasteiger partial charge < -0.3 is 10.1 Å². The lowest BCUT2D eigenvalue weighted by Crippen LogP contribution is -2.35. The number of aromatic nitrogens is 3. The van der Waals surface area contributed by atoms with Gasteiger partial charge >= 0.3 is 6.09 Å². The van der Waals surface area contributed by atoms with Crippen molar-refractivity contribution in [2.24, 2.45) is 0 Å². The second-order valence-corrected chi connectivity index (χ2v) is 6.45. The smallest absolute Gasteiger partial charge is 0.413 e. The molecule has 126 valence electrons. The third kappa shape index (κ3) is 3.53. The Hall–Kier alpha value is -2.90. The van der Waals surface area contributed by atoms with E-state index in [4.69, 9.17) is 4.74 Å². The summed E-state index contributed by atoms with van der Waals surface area (Å²) in [5.74, 6) is 0.221. The molecule has 0 aromatic carbocycles. The van der Waals surface area contributed by atoms with Gasteiger partial charge in [0.15, 0.2) is 0 Å². The van der Waals surface area contributed by atoms with Crippen LogP contribution in [0.3, 0.4) is 0 Å². The molecule has 0 radical (unpaired) electrons. The van der Waals surface area contributed by atoms with E-state index in [-0.39, 0.29) is 5.91 Å². The number of hydrogen-bond donors (Lipinski definition) is 2. The number of nitrogens with zero attached hydrogens (tertiary/aromatic N) is 3. The van der Waals surface area contributed by atoms with Crippen LogP contribution in [0.4, 0.5) is 10.6 Å². The molecule has 1 aliphatic rings. The van der Waals surface area contributed by atoms with Crippen molar-refractivity contribution in [3.63, 3.8) is 0 Å². The standard InChI is InChI=1S/C16H19N5O3/c1-16(2,3)24-15(23)19-13-8-10(4-5-17-13)11-9-12-14(22)18-6-7-21(12)20-11/h4-5,8-9H,6-7H2,1-3H3,(H,18,22)(H,17,19,23). The van der Waals surface area contributed by atoms with E-state index in [9.17, 15) is 9.59 Å². The van der Waals surface area contributed by atoms with Gasteiger partial charge in [0.2, 0.25) is 0 Å². The van der Waals surface area contributed by atoms with E-state index >= 15 is 0 Å². The van der Waals surface area contributed by atoms with Crippen LogP contribution in [0.25, 0.3) is 11.3 Å². The zero-order valence-corrected chi connectivity index (χ0v) is 13.8. The number of nitrogens with one attached hydrogen (secondary N) is 2. The maximum Gasteiger partial charge on any atom is 0.413 e. The number of pyridine rings is 1. The lowest BCUT2D eigenvalue weighted by molar-refractivity contribution is 0.0635. The number of carbonyl (C=O) groups excluding carboxylic acids is 2. The van der Waals surface area contributed by atoms with E-state index in [1.807, 2.05) is 0 Å². The van der Waals surface area contributed by atoms with E-state index in [2.05, 4.69) is 20.7 Å². The molecule has 8 nitrogen and oxygen atoms in total. The first-order valence-corrected chi connectivity index (χ1v) is 7.64. The summed E-state index contributed by atoms with van der Waals surface area (Å²) in [4.78, 5) is 27.8. The third-order valence-corrected chi connectivity index (χ3v) is 3.31. The molecule has 0 atom stereocenters. The number of anilines is 1. The molecule has 0 bridgehead atoms. The second-order valence-electron chi connectivity index (χ2n) is 6.45. The van der Waals surface area contributed by atoms with Crippen LogP contribution in [-0.2, 0) is 11.3 Å². The highest BCUT2D eigenvalue weighted by Gasteiger charge is 2.20. The molecule has 1 aliphatic heterocycles. The molecule has 2 aromatic heterocycles. The molecule has 0 unspecified atom stereocenters. The number of hydrogen-bond acceptors (Lipinski definition) is 5. The Balaban J connectivity index is 1.81. The van der Waals surface area contributed by atoms with Gasteiger partial charge in [-0.25, -0.2) is 9.78 Å². The number of fused-ring (bicyclic) bond motifs is 1. The molecule has 3 heterocycles. The fourth-order valence-electron chi connectivity index (χ4n) is 2.34. The van der Waals surface area contributed by atoms with Crippen molar-refractivity contribution < 1.29 is 14.3 Å². The average molecular weight is 329 g/mol. The van der Waals surface area contributed by atoms with Gasteiger partial charge in [-0.3, -0.25) is 14.8 Å². The SMILES string of the molecule is CC(C)(C)OC(=O)Nc1cc(-c2cc3n(n2)CCNC3=O)ccn1.